The van der Waals surface area contributed by atoms with Gasteiger partial charge in [0.05, 0.1) is 6.54 Å². The zero-order valence-corrected chi connectivity index (χ0v) is 15.6. The molecule has 2 aromatic heterocycles. The first kappa shape index (κ1) is 19.0. The molecule has 8 nitrogen and oxygen atoms in total. The molecule has 4 rings (SSSR count). The van der Waals surface area contributed by atoms with Crippen molar-refractivity contribution in [3.05, 3.63) is 89.7 Å². The number of carbonyl (C=O) groups excluding carboxylic acids is 2. The van der Waals surface area contributed by atoms with Gasteiger partial charge in [0.2, 0.25) is 11.8 Å². The molecule has 2 aromatic carbocycles. The SMILES string of the molecule is O=C(N=NC(=O)c1ccccn1)c1ccc2c(O)n(Cc3ccccc3)c(O)c2c1. The minimum absolute atomic E-state index is 0.0741. The molecule has 2 N–H and O–H groups in total. The van der Waals surface area contributed by atoms with E-state index in [-0.39, 0.29) is 29.6 Å². The highest BCUT2D eigenvalue weighted by atomic mass is 16.3. The molecule has 4 aromatic rings. The van der Waals surface area contributed by atoms with Crippen molar-refractivity contribution in [3.8, 4) is 11.8 Å². The normalized spacial score (nSPS) is 11.2. The van der Waals surface area contributed by atoms with E-state index in [1.54, 1.807) is 12.1 Å². The largest absolute Gasteiger partial charge is 0.494 e. The monoisotopic (exact) mass is 400 g/mol. The summed E-state index contributed by atoms with van der Waals surface area (Å²) in [6.45, 7) is 0.259. The number of nitrogens with zero attached hydrogens (tertiary/aromatic N) is 4. The quantitative estimate of drug-likeness (QED) is 0.503. The molecule has 0 aliphatic rings. The maximum Gasteiger partial charge on any atom is 0.314 e. The van der Waals surface area contributed by atoms with Crippen LogP contribution in [0, 0.1) is 0 Å². The van der Waals surface area contributed by atoms with Crippen molar-refractivity contribution in [1.29, 1.82) is 0 Å². The number of rotatable bonds is 4. The predicted molar refractivity (Wildman–Crippen MR) is 109 cm³/mol. The number of benzene rings is 2. The lowest BCUT2D eigenvalue weighted by Crippen LogP contribution is -1.99. The van der Waals surface area contributed by atoms with E-state index in [1.165, 1.54) is 35.0 Å². The molecule has 0 radical (unpaired) electrons. The van der Waals surface area contributed by atoms with Crippen molar-refractivity contribution in [3.63, 3.8) is 0 Å². The first-order valence-corrected chi connectivity index (χ1v) is 9.04. The van der Waals surface area contributed by atoms with Gasteiger partial charge in [-0.1, -0.05) is 36.4 Å². The molecule has 148 valence electrons. The Labute approximate surface area is 170 Å². The van der Waals surface area contributed by atoms with Gasteiger partial charge in [-0.2, -0.15) is 0 Å². The topological polar surface area (TPSA) is 117 Å². The van der Waals surface area contributed by atoms with Crippen molar-refractivity contribution in [1.82, 2.24) is 9.55 Å². The van der Waals surface area contributed by atoms with Gasteiger partial charge in [0.25, 0.3) is 5.91 Å². The summed E-state index contributed by atoms with van der Waals surface area (Å²) >= 11 is 0. The number of carbonyl (C=O) groups is 2. The fourth-order valence-electron chi connectivity index (χ4n) is 3.05. The number of hydrogen-bond acceptors (Lipinski definition) is 5. The molecule has 0 saturated heterocycles. The third-order valence-electron chi connectivity index (χ3n) is 4.56. The number of aromatic nitrogens is 2. The highest BCUT2D eigenvalue weighted by Crippen LogP contribution is 2.37. The van der Waals surface area contributed by atoms with Crippen LogP contribution in [0.5, 0.6) is 11.8 Å². The lowest BCUT2D eigenvalue weighted by atomic mass is 10.1. The number of fused-ring (bicyclic) bond motifs is 1. The second-order valence-electron chi connectivity index (χ2n) is 6.50. The average molecular weight is 400 g/mol. The van der Waals surface area contributed by atoms with E-state index >= 15 is 0 Å². The Bertz CT molecular complexity index is 1260. The Morgan fingerprint density at radius 2 is 1.53 bits per heavy atom. The lowest BCUT2D eigenvalue weighted by Gasteiger charge is -2.06. The van der Waals surface area contributed by atoms with Crippen LogP contribution in [0.15, 0.2) is 83.2 Å². The van der Waals surface area contributed by atoms with Crippen molar-refractivity contribution >= 4 is 22.6 Å². The van der Waals surface area contributed by atoms with Crippen molar-refractivity contribution < 1.29 is 19.8 Å². The molecule has 0 spiro atoms. The van der Waals surface area contributed by atoms with Gasteiger partial charge in [0, 0.05) is 22.5 Å². The molecule has 8 heteroatoms. The van der Waals surface area contributed by atoms with Gasteiger partial charge in [-0.3, -0.25) is 19.1 Å². The van der Waals surface area contributed by atoms with E-state index in [2.05, 4.69) is 15.2 Å². The van der Waals surface area contributed by atoms with Crippen LogP contribution in [0.1, 0.15) is 26.4 Å². The van der Waals surface area contributed by atoms with E-state index in [4.69, 9.17) is 0 Å². The zero-order valence-electron chi connectivity index (χ0n) is 15.6. The van der Waals surface area contributed by atoms with Crippen molar-refractivity contribution in [2.45, 2.75) is 6.54 Å². The van der Waals surface area contributed by atoms with Gasteiger partial charge in [0.1, 0.15) is 5.69 Å². The minimum Gasteiger partial charge on any atom is -0.494 e. The van der Waals surface area contributed by atoms with Crippen LogP contribution in [-0.4, -0.2) is 31.6 Å². The Morgan fingerprint density at radius 1 is 0.833 bits per heavy atom. The van der Waals surface area contributed by atoms with Gasteiger partial charge >= 0.3 is 5.91 Å². The van der Waals surface area contributed by atoms with E-state index in [0.717, 1.165) is 5.56 Å². The summed E-state index contributed by atoms with van der Waals surface area (Å²) in [7, 11) is 0. The van der Waals surface area contributed by atoms with E-state index in [9.17, 15) is 19.8 Å². The maximum atomic E-state index is 12.3. The molecule has 0 unspecified atom stereocenters. The molecular formula is C22H16N4O4. The zero-order chi connectivity index (χ0) is 21.1. The summed E-state index contributed by atoms with van der Waals surface area (Å²) in [6.07, 6.45) is 1.44. The average Bonchev–Trinajstić information content (AvgIpc) is 3.03. The number of hydrogen-bond donors (Lipinski definition) is 2. The molecule has 0 fully saturated rings. The highest BCUT2D eigenvalue weighted by molar-refractivity contribution is 6.03. The molecule has 2 amide bonds. The van der Waals surface area contributed by atoms with Gasteiger partial charge < -0.3 is 10.2 Å². The second kappa shape index (κ2) is 7.96. The van der Waals surface area contributed by atoms with Crippen LogP contribution < -0.4 is 0 Å². The fraction of sp³-hybridized carbons (Fsp3) is 0.0455. The summed E-state index contributed by atoms with van der Waals surface area (Å²) in [4.78, 5) is 28.1. The molecule has 0 atom stereocenters. The highest BCUT2D eigenvalue weighted by Gasteiger charge is 2.18. The summed E-state index contributed by atoms with van der Waals surface area (Å²) in [5, 5.41) is 28.6. The standard InChI is InChI=1S/C22H16N4O4/c27-19(24-25-20(28)18-8-4-5-11-23-18)15-9-10-16-17(12-15)22(30)26(21(16)29)13-14-6-2-1-3-7-14/h1-12,29-30H,13H2. The van der Waals surface area contributed by atoms with Crippen molar-refractivity contribution in [2.24, 2.45) is 10.2 Å². The van der Waals surface area contributed by atoms with Crippen molar-refractivity contribution in [2.75, 3.05) is 0 Å². The van der Waals surface area contributed by atoms with Crippen LogP contribution in [-0.2, 0) is 6.54 Å². The second-order valence-corrected chi connectivity index (χ2v) is 6.50. The van der Waals surface area contributed by atoms with Gasteiger partial charge in [-0.25, -0.2) is 0 Å². The maximum absolute atomic E-state index is 12.3. The van der Waals surface area contributed by atoms with Crippen LogP contribution in [0.3, 0.4) is 0 Å². The predicted octanol–water partition coefficient (Wildman–Crippen LogP) is 3.93. The molecule has 0 bridgehead atoms. The summed E-state index contributed by atoms with van der Waals surface area (Å²) in [5.41, 5.74) is 1.08. The molecule has 0 aliphatic carbocycles. The summed E-state index contributed by atoms with van der Waals surface area (Å²) < 4.78 is 1.35. The molecule has 2 heterocycles. The smallest absolute Gasteiger partial charge is 0.314 e. The first-order valence-electron chi connectivity index (χ1n) is 9.04. The Kier molecular flexibility index (Phi) is 5.04. The van der Waals surface area contributed by atoms with E-state index in [1.807, 2.05) is 30.3 Å². The van der Waals surface area contributed by atoms with E-state index < -0.39 is 11.8 Å². The minimum atomic E-state index is -0.754. The Balaban J connectivity index is 1.61. The third-order valence-corrected chi connectivity index (χ3v) is 4.56. The molecule has 30 heavy (non-hydrogen) atoms. The molecule has 0 aliphatic heterocycles. The van der Waals surface area contributed by atoms with Crippen LogP contribution in [0.25, 0.3) is 10.8 Å². The third kappa shape index (κ3) is 3.66. The Hall–Kier alpha value is -4.33. The lowest BCUT2D eigenvalue weighted by molar-refractivity contribution is 0.0944. The van der Waals surface area contributed by atoms with E-state index in [0.29, 0.717) is 10.8 Å². The molecule has 0 saturated carbocycles. The van der Waals surface area contributed by atoms with Crippen LogP contribution in [0.4, 0.5) is 0 Å². The molecular weight excluding hydrogens is 384 g/mol. The number of amides is 2. The van der Waals surface area contributed by atoms with Crippen LogP contribution >= 0.6 is 0 Å². The first-order chi connectivity index (χ1) is 14.5. The number of aromatic hydroxyl groups is 2. The van der Waals surface area contributed by atoms with Gasteiger partial charge in [-0.15, -0.1) is 10.2 Å². The number of pyridine rings is 1. The summed E-state index contributed by atoms with van der Waals surface area (Å²) in [6, 6.07) is 18.4. The fourth-order valence-corrected chi connectivity index (χ4v) is 3.05. The number of azo groups is 1. The van der Waals surface area contributed by atoms with Crippen LogP contribution in [0.2, 0.25) is 0 Å². The van der Waals surface area contributed by atoms with Gasteiger partial charge in [-0.05, 0) is 35.9 Å². The Morgan fingerprint density at radius 3 is 2.27 bits per heavy atom. The van der Waals surface area contributed by atoms with Gasteiger partial charge in [0.15, 0.2) is 0 Å². The summed E-state index contributed by atoms with van der Waals surface area (Å²) in [5.74, 6) is -1.78.